The van der Waals surface area contributed by atoms with Gasteiger partial charge >= 0.3 is 0 Å². The molecule has 1 fully saturated rings. The zero-order chi connectivity index (χ0) is 14.3. The second-order valence-electron chi connectivity index (χ2n) is 5.42. The number of piperidine rings is 1. The summed E-state index contributed by atoms with van der Waals surface area (Å²) in [5.41, 5.74) is 0. The van der Waals surface area contributed by atoms with Crippen LogP contribution in [0.25, 0.3) is 0 Å². The average molecular weight is 292 g/mol. The van der Waals surface area contributed by atoms with E-state index < -0.39 is 10.0 Å². The SMILES string of the molecule is CCCOC1CCCN(S(=O)(=O)CCNC(C)C)C1. The van der Waals surface area contributed by atoms with Gasteiger partial charge in [0.15, 0.2) is 0 Å². The van der Waals surface area contributed by atoms with E-state index in [0.29, 0.717) is 32.3 Å². The van der Waals surface area contributed by atoms with Crippen molar-refractivity contribution in [3.63, 3.8) is 0 Å². The maximum absolute atomic E-state index is 12.2. The fourth-order valence-electron chi connectivity index (χ4n) is 2.18. The Morgan fingerprint density at radius 1 is 1.42 bits per heavy atom. The number of ether oxygens (including phenoxy) is 1. The van der Waals surface area contributed by atoms with E-state index in [1.165, 1.54) is 0 Å². The van der Waals surface area contributed by atoms with Crippen LogP contribution in [0.1, 0.15) is 40.0 Å². The average Bonchev–Trinajstić information content (AvgIpc) is 2.36. The smallest absolute Gasteiger partial charge is 0.215 e. The second-order valence-corrected chi connectivity index (χ2v) is 7.51. The van der Waals surface area contributed by atoms with Gasteiger partial charge in [-0.2, -0.15) is 4.31 Å². The van der Waals surface area contributed by atoms with E-state index >= 15 is 0 Å². The lowest BCUT2D eigenvalue weighted by Crippen LogP contribution is -2.45. The second kappa shape index (κ2) is 8.19. The van der Waals surface area contributed by atoms with Crippen LogP contribution in [0.3, 0.4) is 0 Å². The summed E-state index contributed by atoms with van der Waals surface area (Å²) in [6, 6.07) is 0.317. The van der Waals surface area contributed by atoms with Crippen LogP contribution in [-0.2, 0) is 14.8 Å². The van der Waals surface area contributed by atoms with Crippen LogP contribution in [0.4, 0.5) is 0 Å². The van der Waals surface area contributed by atoms with Gasteiger partial charge in [-0.05, 0) is 19.3 Å². The summed E-state index contributed by atoms with van der Waals surface area (Å²) in [4.78, 5) is 0. The molecule has 1 saturated heterocycles. The van der Waals surface area contributed by atoms with Crippen molar-refractivity contribution >= 4 is 10.0 Å². The molecule has 0 bridgehead atoms. The third-order valence-corrected chi connectivity index (χ3v) is 5.04. The molecule has 5 nitrogen and oxygen atoms in total. The molecule has 0 amide bonds. The lowest BCUT2D eigenvalue weighted by molar-refractivity contribution is 0.0193. The van der Waals surface area contributed by atoms with E-state index in [0.717, 1.165) is 19.3 Å². The normalized spacial score (nSPS) is 22.0. The maximum atomic E-state index is 12.2. The molecule has 1 rings (SSSR count). The van der Waals surface area contributed by atoms with Crippen molar-refractivity contribution in [2.75, 3.05) is 32.0 Å². The van der Waals surface area contributed by atoms with E-state index in [-0.39, 0.29) is 11.9 Å². The Morgan fingerprint density at radius 3 is 2.79 bits per heavy atom. The van der Waals surface area contributed by atoms with E-state index in [9.17, 15) is 8.42 Å². The third kappa shape index (κ3) is 6.21. The van der Waals surface area contributed by atoms with Gasteiger partial charge in [-0.3, -0.25) is 0 Å². The summed E-state index contributed by atoms with van der Waals surface area (Å²) in [5.74, 6) is 0.172. The minimum atomic E-state index is -3.15. The highest BCUT2D eigenvalue weighted by molar-refractivity contribution is 7.89. The molecule has 1 aliphatic rings. The van der Waals surface area contributed by atoms with Gasteiger partial charge in [-0.25, -0.2) is 8.42 Å². The van der Waals surface area contributed by atoms with Crippen molar-refractivity contribution in [2.45, 2.75) is 52.2 Å². The highest BCUT2D eigenvalue weighted by Gasteiger charge is 2.28. The molecule has 0 saturated carbocycles. The number of hydrogen-bond acceptors (Lipinski definition) is 4. The molecule has 114 valence electrons. The first-order valence-corrected chi connectivity index (χ1v) is 8.89. The van der Waals surface area contributed by atoms with E-state index in [1.54, 1.807) is 4.31 Å². The fraction of sp³-hybridized carbons (Fsp3) is 1.00. The molecule has 0 radical (unpaired) electrons. The summed E-state index contributed by atoms with van der Waals surface area (Å²) in [6.07, 6.45) is 2.91. The van der Waals surface area contributed by atoms with Gasteiger partial charge in [0.2, 0.25) is 10.0 Å². The van der Waals surface area contributed by atoms with E-state index in [2.05, 4.69) is 12.2 Å². The van der Waals surface area contributed by atoms with Gasteiger partial charge in [0.25, 0.3) is 0 Å². The number of nitrogens with one attached hydrogen (secondary N) is 1. The number of rotatable bonds is 8. The van der Waals surface area contributed by atoms with Crippen LogP contribution < -0.4 is 5.32 Å². The molecular weight excluding hydrogens is 264 g/mol. The first-order valence-electron chi connectivity index (χ1n) is 7.28. The third-order valence-electron chi connectivity index (χ3n) is 3.20. The molecule has 1 unspecified atom stereocenters. The molecule has 1 heterocycles. The van der Waals surface area contributed by atoms with Crippen molar-refractivity contribution in [1.29, 1.82) is 0 Å². The van der Waals surface area contributed by atoms with Crippen LogP contribution in [0.15, 0.2) is 0 Å². The lowest BCUT2D eigenvalue weighted by Gasteiger charge is -2.32. The Morgan fingerprint density at radius 2 is 2.16 bits per heavy atom. The molecule has 19 heavy (non-hydrogen) atoms. The summed E-state index contributed by atoms with van der Waals surface area (Å²) in [5, 5.41) is 3.15. The number of nitrogens with zero attached hydrogens (tertiary/aromatic N) is 1. The van der Waals surface area contributed by atoms with Crippen LogP contribution in [0.5, 0.6) is 0 Å². The topological polar surface area (TPSA) is 58.6 Å². The summed E-state index contributed by atoms with van der Waals surface area (Å²) in [7, 11) is -3.15. The van der Waals surface area contributed by atoms with Crippen LogP contribution in [-0.4, -0.2) is 56.9 Å². The first-order chi connectivity index (χ1) is 8.95. The maximum Gasteiger partial charge on any atom is 0.215 e. The summed E-state index contributed by atoms with van der Waals surface area (Å²) >= 11 is 0. The van der Waals surface area contributed by atoms with Gasteiger partial charge in [-0.15, -0.1) is 0 Å². The zero-order valence-electron chi connectivity index (χ0n) is 12.4. The Bertz CT molecular complexity index is 344. The molecule has 0 aliphatic carbocycles. The Hall–Kier alpha value is -0.170. The summed E-state index contributed by atoms with van der Waals surface area (Å²) in [6.45, 7) is 8.48. The van der Waals surface area contributed by atoms with Gasteiger partial charge in [-0.1, -0.05) is 20.8 Å². The summed E-state index contributed by atoms with van der Waals surface area (Å²) < 4.78 is 31.7. The predicted molar refractivity (Wildman–Crippen MR) is 77.8 cm³/mol. The number of sulfonamides is 1. The van der Waals surface area contributed by atoms with Crippen molar-refractivity contribution in [3.05, 3.63) is 0 Å². The van der Waals surface area contributed by atoms with Gasteiger partial charge in [0, 0.05) is 32.3 Å². The van der Waals surface area contributed by atoms with Gasteiger partial charge in [0.05, 0.1) is 11.9 Å². The Kier molecular flexibility index (Phi) is 7.28. The highest BCUT2D eigenvalue weighted by atomic mass is 32.2. The van der Waals surface area contributed by atoms with Crippen molar-refractivity contribution in [3.8, 4) is 0 Å². The minimum Gasteiger partial charge on any atom is -0.377 e. The monoisotopic (exact) mass is 292 g/mol. The highest BCUT2D eigenvalue weighted by Crippen LogP contribution is 2.16. The molecule has 0 aromatic heterocycles. The minimum absolute atomic E-state index is 0.0709. The van der Waals surface area contributed by atoms with Gasteiger partial charge < -0.3 is 10.1 Å². The number of hydrogen-bond donors (Lipinski definition) is 1. The Balaban J connectivity index is 2.43. The van der Waals surface area contributed by atoms with E-state index in [4.69, 9.17) is 4.74 Å². The fourth-order valence-corrected chi connectivity index (χ4v) is 3.62. The molecule has 0 aromatic carbocycles. The quantitative estimate of drug-likeness (QED) is 0.730. The molecule has 0 spiro atoms. The zero-order valence-corrected chi connectivity index (χ0v) is 13.2. The standard InChI is InChI=1S/C13H28N2O3S/c1-4-9-18-13-6-5-8-15(11-13)19(16,17)10-7-14-12(2)3/h12-14H,4-11H2,1-3H3. The molecule has 6 heteroatoms. The van der Waals surface area contributed by atoms with Crippen molar-refractivity contribution < 1.29 is 13.2 Å². The lowest BCUT2D eigenvalue weighted by atomic mass is 10.1. The molecule has 1 aliphatic heterocycles. The molecular formula is C13H28N2O3S. The predicted octanol–water partition coefficient (Wildman–Crippen LogP) is 1.21. The van der Waals surface area contributed by atoms with Gasteiger partial charge in [0.1, 0.15) is 0 Å². The Labute approximate surface area is 117 Å². The van der Waals surface area contributed by atoms with Crippen LogP contribution >= 0.6 is 0 Å². The van der Waals surface area contributed by atoms with Crippen LogP contribution in [0.2, 0.25) is 0 Å². The van der Waals surface area contributed by atoms with Crippen molar-refractivity contribution in [1.82, 2.24) is 9.62 Å². The molecule has 0 aromatic rings. The van der Waals surface area contributed by atoms with E-state index in [1.807, 2.05) is 13.8 Å². The molecule has 1 atom stereocenters. The van der Waals surface area contributed by atoms with Crippen molar-refractivity contribution in [2.24, 2.45) is 0 Å². The molecule has 1 N–H and O–H groups in total. The van der Waals surface area contributed by atoms with Crippen LogP contribution in [0, 0.1) is 0 Å². The largest absolute Gasteiger partial charge is 0.377 e. The first kappa shape index (κ1) is 16.9.